The van der Waals surface area contributed by atoms with Crippen LogP contribution in [0.3, 0.4) is 0 Å². The first-order valence-electron chi connectivity index (χ1n) is 7.05. The van der Waals surface area contributed by atoms with Crippen LogP contribution in [0.1, 0.15) is 30.7 Å². The van der Waals surface area contributed by atoms with E-state index in [1.165, 1.54) is 12.1 Å². The van der Waals surface area contributed by atoms with Crippen LogP contribution in [0.5, 0.6) is 0 Å². The lowest BCUT2D eigenvalue weighted by Gasteiger charge is -2.33. The SMILES string of the molecule is CNC(=S)NNC(=O)C(c1cccc([N+](=O)[O-])c1)C1CCC1. The largest absolute Gasteiger partial charge is 0.364 e. The van der Waals surface area contributed by atoms with Gasteiger partial charge in [0.2, 0.25) is 5.91 Å². The number of nitro groups is 1. The molecular formula is C14H18N4O3S. The van der Waals surface area contributed by atoms with Crippen LogP contribution >= 0.6 is 12.2 Å². The van der Waals surface area contributed by atoms with E-state index < -0.39 is 10.8 Å². The van der Waals surface area contributed by atoms with Crippen molar-refractivity contribution < 1.29 is 9.72 Å². The van der Waals surface area contributed by atoms with E-state index in [-0.39, 0.29) is 17.5 Å². The van der Waals surface area contributed by atoms with Gasteiger partial charge in [-0.2, -0.15) is 0 Å². The van der Waals surface area contributed by atoms with Crippen molar-refractivity contribution in [2.75, 3.05) is 7.05 Å². The summed E-state index contributed by atoms with van der Waals surface area (Å²) in [4.78, 5) is 22.9. The molecule has 1 aromatic rings. The number of nitrogens with zero attached hydrogens (tertiary/aromatic N) is 1. The Labute approximate surface area is 133 Å². The molecule has 7 nitrogen and oxygen atoms in total. The number of hydrogen-bond donors (Lipinski definition) is 3. The van der Waals surface area contributed by atoms with Gasteiger partial charge in [-0.15, -0.1) is 0 Å². The predicted molar refractivity (Wildman–Crippen MR) is 86.1 cm³/mol. The molecule has 0 radical (unpaired) electrons. The van der Waals surface area contributed by atoms with E-state index in [1.807, 2.05) is 0 Å². The number of benzene rings is 1. The minimum atomic E-state index is -0.451. The van der Waals surface area contributed by atoms with E-state index in [1.54, 1.807) is 19.2 Å². The molecule has 0 bridgehead atoms. The Bertz CT molecular complexity index is 589. The molecule has 1 amide bonds. The molecule has 2 rings (SSSR count). The Morgan fingerprint density at radius 3 is 2.68 bits per heavy atom. The zero-order valence-electron chi connectivity index (χ0n) is 12.2. The Kier molecular flexibility index (Phi) is 5.26. The van der Waals surface area contributed by atoms with Gasteiger partial charge in [-0.3, -0.25) is 25.8 Å². The molecular weight excluding hydrogens is 304 g/mol. The van der Waals surface area contributed by atoms with Gasteiger partial charge in [-0.05, 0) is 36.5 Å². The molecule has 1 aromatic carbocycles. The second kappa shape index (κ2) is 7.17. The molecule has 1 atom stereocenters. The lowest BCUT2D eigenvalue weighted by Crippen LogP contribution is -2.48. The van der Waals surface area contributed by atoms with Crippen molar-refractivity contribution >= 4 is 28.9 Å². The summed E-state index contributed by atoms with van der Waals surface area (Å²) in [6.45, 7) is 0. The number of nitro benzene ring substituents is 1. The number of rotatable bonds is 4. The Balaban J connectivity index is 2.19. The number of carbonyl (C=O) groups is 1. The van der Waals surface area contributed by atoms with Gasteiger partial charge in [0.1, 0.15) is 0 Å². The number of hydrazine groups is 1. The molecule has 0 aromatic heterocycles. The van der Waals surface area contributed by atoms with E-state index in [0.717, 1.165) is 19.3 Å². The van der Waals surface area contributed by atoms with Crippen LogP contribution in [0.2, 0.25) is 0 Å². The molecule has 3 N–H and O–H groups in total. The molecule has 118 valence electrons. The molecule has 22 heavy (non-hydrogen) atoms. The van der Waals surface area contributed by atoms with Crippen LogP contribution in [0.15, 0.2) is 24.3 Å². The van der Waals surface area contributed by atoms with E-state index in [4.69, 9.17) is 12.2 Å². The highest BCUT2D eigenvalue weighted by molar-refractivity contribution is 7.80. The topological polar surface area (TPSA) is 96.3 Å². The third-order valence-electron chi connectivity index (χ3n) is 3.87. The summed E-state index contributed by atoms with van der Waals surface area (Å²) in [5, 5.41) is 13.9. The van der Waals surface area contributed by atoms with Crippen molar-refractivity contribution in [3.05, 3.63) is 39.9 Å². The highest BCUT2D eigenvalue weighted by atomic mass is 32.1. The molecule has 0 saturated heterocycles. The number of amides is 1. The smallest absolute Gasteiger partial charge is 0.269 e. The standard InChI is InChI=1S/C14H18N4O3S/c1-15-14(22)17-16-13(19)12(9-4-2-5-9)10-6-3-7-11(8-10)18(20)21/h3,6-9,12H,2,4-5H2,1H3,(H,16,19)(H2,15,17,22). The lowest BCUT2D eigenvalue weighted by molar-refractivity contribution is -0.384. The molecule has 0 spiro atoms. The van der Waals surface area contributed by atoms with E-state index in [9.17, 15) is 14.9 Å². The fraction of sp³-hybridized carbons (Fsp3) is 0.429. The normalized spacial score (nSPS) is 15.3. The summed E-state index contributed by atoms with van der Waals surface area (Å²) >= 11 is 4.91. The molecule has 1 aliphatic rings. The number of nitrogens with one attached hydrogen (secondary N) is 3. The summed E-state index contributed by atoms with van der Waals surface area (Å²) in [5.74, 6) is -0.449. The van der Waals surface area contributed by atoms with Gasteiger partial charge < -0.3 is 5.32 Å². The first-order chi connectivity index (χ1) is 10.5. The van der Waals surface area contributed by atoms with Crippen molar-refractivity contribution in [3.8, 4) is 0 Å². The van der Waals surface area contributed by atoms with Crippen molar-refractivity contribution in [1.29, 1.82) is 0 Å². The van der Waals surface area contributed by atoms with Gasteiger partial charge in [-0.25, -0.2) is 0 Å². The predicted octanol–water partition coefficient (Wildman–Crippen LogP) is 1.60. The second-order valence-electron chi connectivity index (χ2n) is 5.21. The molecule has 0 heterocycles. The highest BCUT2D eigenvalue weighted by Crippen LogP contribution is 2.40. The average Bonchev–Trinajstić information content (AvgIpc) is 2.47. The van der Waals surface area contributed by atoms with Gasteiger partial charge >= 0.3 is 0 Å². The molecule has 1 fully saturated rings. The van der Waals surface area contributed by atoms with Crippen LogP contribution in [0.4, 0.5) is 5.69 Å². The summed E-state index contributed by atoms with van der Waals surface area (Å²) in [6, 6.07) is 6.26. The maximum Gasteiger partial charge on any atom is 0.269 e. The highest BCUT2D eigenvalue weighted by Gasteiger charge is 2.34. The maximum atomic E-state index is 12.4. The van der Waals surface area contributed by atoms with Crippen LogP contribution in [-0.2, 0) is 4.79 Å². The third kappa shape index (κ3) is 3.70. The number of hydrogen-bond acceptors (Lipinski definition) is 4. The van der Waals surface area contributed by atoms with Crippen LogP contribution in [0.25, 0.3) is 0 Å². The van der Waals surface area contributed by atoms with Gasteiger partial charge in [0.15, 0.2) is 5.11 Å². The lowest BCUT2D eigenvalue weighted by atomic mass is 9.72. The number of non-ortho nitro benzene ring substituents is 1. The summed E-state index contributed by atoms with van der Waals surface area (Å²) < 4.78 is 0. The van der Waals surface area contributed by atoms with Gasteiger partial charge in [0, 0.05) is 19.2 Å². The average molecular weight is 322 g/mol. The van der Waals surface area contributed by atoms with Gasteiger partial charge in [0.05, 0.1) is 10.8 Å². The van der Waals surface area contributed by atoms with Crippen molar-refractivity contribution in [2.45, 2.75) is 25.2 Å². The minimum absolute atomic E-state index is 0.00618. The Morgan fingerprint density at radius 2 is 2.14 bits per heavy atom. The number of carbonyl (C=O) groups excluding carboxylic acids is 1. The Morgan fingerprint density at radius 1 is 1.41 bits per heavy atom. The first-order valence-corrected chi connectivity index (χ1v) is 7.45. The quantitative estimate of drug-likeness (QED) is 0.443. The maximum absolute atomic E-state index is 12.4. The number of thiocarbonyl (C=S) groups is 1. The molecule has 8 heteroatoms. The molecule has 1 unspecified atom stereocenters. The van der Waals surface area contributed by atoms with Crippen LogP contribution in [0, 0.1) is 16.0 Å². The fourth-order valence-corrected chi connectivity index (χ4v) is 2.55. The summed E-state index contributed by atoms with van der Waals surface area (Å²) in [6.07, 6.45) is 2.96. The van der Waals surface area contributed by atoms with E-state index >= 15 is 0 Å². The molecule has 0 aliphatic heterocycles. The van der Waals surface area contributed by atoms with E-state index in [2.05, 4.69) is 16.2 Å². The second-order valence-corrected chi connectivity index (χ2v) is 5.62. The van der Waals surface area contributed by atoms with Crippen molar-refractivity contribution in [3.63, 3.8) is 0 Å². The zero-order chi connectivity index (χ0) is 16.1. The Hall–Kier alpha value is -2.22. The first kappa shape index (κ1) is 16.2. The van der Waals surface area contributed by atoms with Gasteiger partial charge in [0.25, 0.3) is 5.69 Å². The van der Waals surface area contributed by atoms with Gasteiger partial charge in [-0.1, -0.05) is 18.6 Å². The molecule has 1 aliphatic carbocycles. The minimum Gasteiger partial charge on any atom is -0.364 e. The summed E-state index contributed by atoms with van der Waals surface area (Å²) in [5.41, 5.74) is 5.83. The van der Waals surface area contributed by atoms with Crippen LogP contribution < -0.4 is 16.2 Å². The third-order valence-corrected chi connectivity index (χ3v) is 4.18. The monoisotopic (exact) mass is 322 g/mol. The molecule has 1 saturated carbocycles. The van der Waals surface area contributed by atoms with E-state index in [0.29, 0.717) is 10.7 Å². The van der Waals surface area contributed by atoms with Crippen molar-refractivity contribution in [2.24, 2.45) is 5.92 Å². The zero-order valence-corrected chi connectivity index (χ0v) is 13.0. The fourth-order valence-electron chi connectivity index (χ4n) is 2.50. The van der Waals surface area contributed by atoms with Crippen molar-refractivity contribution in [1.82, 2.24) is 16.2 Å². The van der Waals surface area contributed by atoms with Crippen LogP contribution in [-0.4, -0.2) is 23.0 Å². The summed E-state index contributed by atoms with van der Waals surface area (Å²) in [7, 11) is 1.64.